The molecule has 2 aromatic heterocycles. The average Bonchev–Trinajstić information content (AvgIpc) is 2.17. The molecule has 2 aromatic rings. The van der Waals surface area contributed by atoms with E-state index in [4.69, 9.17) is 0 Å². The number of pyridine rings is 2. The van der Waals surface area contributed by atoms with Gasteiger partial charge in [-0.1, -0.05) is 0 Å². The van der Waals surface area contributed by atoms with Crippen molar-refractivity contribution in [2.75, 3.05) is 0 Å². The molecule has 0 unspecified atom stereocenters. The first-order chi connectivity index (χ1) is 5.90. The highest BCUT2D eigenvalue weighted by Crippen LogP contribution is 2.07. The number of aromatic nitrogens is 2. The van der Waals surface area contributed by atoms with Gasteiger partial charge in [-0.2, -0.15) is 0 Å². The summed E-state index contributed by atoms with van der Waals surface area (Å²) in [6.45, 7) is 0. The number of carbonyl (C=O) groups is 1. The molecule has 0 aliphatic carbocycles. The summed E-state index contributed by atoms with van der Waals surface area (Å²) in [6.07, 6.45) is 3.98. The number of hydrogen-bond acceptors (Lipinski definition) is 3. The van der Waals surface area contributed by atoms with Gasteiger partial charge in [-0.3, -0.25) is 14.8 Å². The minimum atomic E-state index is 0. The molecule has 4 heteroatoms. The van der Waals surface area contributed by atoms with Crippen LogP contribution in [0.5, 0.6) is 0 Å². The minimum absolute atomic E-state index is 0. The lowest BCUT2D eigenvalue weighted by Gasteiger charge is -1.94. The van der Waals surface area contributed by atoms with Crippen LogP contribution >= 0.6 is 12.4 Å². The van der Waals surface area contributed by atoms with Gasteiger partial charge in [-0.25, -0.2) is 0 Å². The van der Waals surface area contributed by atoms with E-state index in [1.165, 1.54) is 6.20 Å². The van der Waals surface area contributed by atoms with Crippen molar-refractivity contribution >= 4 is 29.7 Å². The van der Waals surface area contributed by atoms with Crippen LogP contribution in [0.15, 0.2) is 30.6 Å². The predicted octanol–water partition coefficient (Wildman–Crippen LogP) is 1.86. The van der Waals surface area contributed by atoms with E-state index < -0.39 is 0 Å². The monoisotopic (exact) mass is 194 g/mol. The van der Waals surface area contributed by atoms with Crippen LogP contribution < -0.4 is 0 Å². The first-order valence-electron chi connectivity index (χ1n) is 3.56. The third-order valence-electron chi connectivity index (χ3n) is 1.61. The van der Waals surface area contributed by atoms with E-state index >= 15 is 0 Å². The van der Waals surface area contributed by atoms with Gasteiger partial charge < -0.3 is 0 Å². The molecule has 0 spiro atoms. The van der Waals surface area contributed by atoms with Crippen LogP contribution in [0.3, 0.4) is 0 Å². The Hall–Kier alpha value is -1.48. The largest absolute Gasteiger partial charge is 0.298 e. The fraction of sp³-hybridized carbons (Fsp3) is 0. The van der Waals surface area contributed by atoms with Gasteiger partial charge in [0.25, 0.3) is 0 Å². The molecule has 2 heterocycles. The summed E-state index contributed by atoms with van der Waals surface area (Å²) < 4.78 is 0. The van der Waals surface area contributed by atoms with Crippen LogP contribution in [0.2, 0.25) is 0 Å². The third kappa shape index (κ3) is 1.81. The topological polar surface area (TPSA) is 42.9 Å². The SMILES string of the molecule is Cl.O=Cc1cnc2cccnc2c1. The number of halogens is 1. The van der Waals surface area contributed by atoms with Crippen molar-refractivity contribution in [2.24, 2.45) is 0 Å². The molecule has 0 aliphatic heterocycles. The van der Waals surface area contributed by atoms with Crippen LogP contribution in [0.25, 0.3) is 11.0 Å². The molecule has 0 fully saturated rings. The van der Waals surface area contributed by atoms with Gasteiger partial charge in [0.1, 0.15) is 0 Å². The Morgan fingerprint density at radius 1 is 1.23 bits per heavy atom. The summed E-state index contributed by atoms with van der Waals surface area (Å²) in [7, 11) is 0. The lowest BCUT2D eigenvalue weighted by Crippen LogP contribution is -1.85. The number of aldehydes is 1. The second-order valence-corrected chi connectivity index (χ2v) is 2.43. The van der Waals surface area contributed by atoms with Crippen molar-refractivity contribution < 1.29 is 4.79 Å². The Morgan fingerprint density at radius 2 is 2.08 bits per heavy atom. The molecule has 0 aromatic carbocycles. The molecule has 0 saturated carbocycles. The molecule has 3 nitrogen and oxygen atoms in total. The van der Waals surface area contributed by atoms with Crippen LogP contribution in [0.1, 0.15) is 10.4 Å². The van der Waals surface area contributed by atoms with Gasteiger partial charge in [-0.15, -0.1) is 12.4 Å². The predicted molar refractivity (Wildman–Crippen MR) is 52.2 cm³/mol. The van der Waals surface area contributed by atoms with Crippen molar-refractivity contribution in [3.05, 3.63) is 36.2 Å². The first-order valence-corrected chi connectivity index (χ1v) is 3.56. The summed E-state index contributed by atoms with van der Waals surface area (Å²) in [5, 5.41) is 0. The number of rotatable bonds is 1. The zero-order chi connectivity index (χ0) is 8.39. The van der Waals surface area contributed by atoms with Gasteiger partial charge in [-0.05, 0) is 18.2 Å². The van der Waals surface area contributed by atoms with Crippen molar-refractivity contribution in [1.82, 2.24) is 9.97 Å². The van der Waals surface area contributed by atoms with E-state index in [0.29, 0.717) is 5.56 Å². The minimum Gasteiger partial charge on any atom is -0.298 e. The van der Waals surface area contributed by atoms with Gasteiger partial charge in [0.05, 0.1) is 11.0 Å². The summed E-state index contributed by atoms with van der Waals surface area (Å²) in [6, 6.07) is 5.39. The molecule has 0 bridgehead atoms. The molecule has 0 aliphatic rings. The Bertz CT molecular complexity index is 431. The van der Waals surface area contributed by atoms with Crippen LogP contribution in [-0.4, -0.2) is 16.3 Å². The van der Waals surface area contributed by atoms with E-state index in [1.807, 2.05) is 12.1 Å². The summed E-state index contributed by atoms with van der Waals surface area (Å²) in [5.74, 6) is 0. The van der Waals surface area contributed by atoms with Crippen molar-refractivity contribution in [3.63, 3.8) is 0 Å². The van der Waals surface area contributed by atoms with Gasteiger partial charge in [0.15, 0.2) is 6.29 Å². The van der Waals surface area contributed by atoms with Crippen molar-refractivity contribution in [1.29, 1.82) is 0 Å². The fourth-order valence-corrected chi connectivity index (χ4v) is 1.03. The number of nitrogens with zero attached hydrogens (tertiary/aromatic N) is 2. The highest BCUT2D eigenvalue weighted by molar-refractivity contribution is 5.85. The maximum absolute atomic E-state index is 10.4. The summed E-state index contributed by atoms with van der Waals surface area (Å²) in [4.78, 5) is 18.5. The number of carbonyl (C=O) groups excluding carboxylic acids is 1. The molecule has 0 radical (unpaired) electrons. The first kappa shape index (κ1) is 9.61. The number of fused-ring (bicyclic) bond motifs is 1. The molecular formula is C9H7ClN2O. The van der Waals surface area contributed by atoms with Crippen LogP contribution in [0, 0.1) is 0 Å². The molecule has 0 atom stereocenters. The van der Waals surface area contributed by atoms with Gasteiger partial charge in [0, 0.05) is 18.0 Å². The maximum atomic E-state index is 10.4. The lowest BCUT2D eigenvalue weighted by molar-refractivity contribution is 0.112. The Labute approximate surface area is 81.2 Å². The van der Waals surface area contributed by atoms with Crippen LogP contribution in [-0.2, 0) is 0 Å². The molecule has 0 N–H and O–H groups in total. The van der Waals surface area contributed by atoms with Crippen LogP contribution in [0.4, 0.5) is 0 Å². The van der Waals surface area contributed by atoms with E-state index in [1.54, 1.807) is 12.3 Å². The van der Waals surface area contributed by atoms with Crippen molar-refractivity contribution in [2.45, 2.75) is 0 Å². The molecule has 13 heavy (non-hydrogen) atoms. The molecule has 0 saturated heterocycles. The molecule has 66 valence electrons. The smallest absolute Gasteiger partial charge is 0.151 e. The zero-order valence-electron chi connectivity index (χ0n) is 6.68. The normalized spacial score (nSPS) is 9.23. The van der Waals surface area contributed by atoms with Crippen molar-refractivity contribution in [3.8, 4) is 0 Å². The molecular weight excluding hydrogens is 188 g/mol. The summed E-state index contributed by atoms with van der Waals surface area (Å²) in [5.41, 5.74) is 2.12. The lowest BCUT2D eigenvalue weighted by atomic mass is 10.2. The average molecular weight is 195 g/mol. The van der Waals surface area contributed by atoms with Gasteiger partial charge >= 0.3 is 0 Å². The second-order valence-electron chi connectivity index (χ2n) is 2.43. The standard InChI is InChI=1S/C9H6N2O.ClH/c12-6-7-4-9-8(11-5-7)2-1-3-10-9;/h1-6H;1H. The van der Waals surface area contributed by atoms with E-state index in [0.717, 1.165) is 17.3 Å². The van der Waals surface area contributed by atoms with E-state index in [2.05, 4.69) is 9.97 Å². The Balaban J connectivity index is 0.000000845. The zero-order valence-corrected chi connectivity index (χ0v) is 7.49. The Kier molecular flexibility index (Phi) is 2.93. The van der Waals surface area contributed by atoms with E-state index in [9.17, 15) is 4.79 Å². The highest BCUT2D eigenvalue weighted by atomic mass is 35.5. The molecule has 0 amide bonds. The Morgan fingerprint density at radius 3 is 2.85 bits per heavy atom. The van der Waals surface area contributed by atoms with E-state index in [-0.39, 0.29) is 12.4 Å². The summed E-state index contributed by atoms with van der Waals surface area (Å²) >= 11 is 0. The maximum Gasteiger partial charge on any atom is 0.151 e. The number of hydrogen-bond donors (Lipinski definition) is 0. The van der Waals surface area contributed by atoms with Gasteiger partial charge in [0.2, 0.25) is 0 Å². The quantitative estimate of drug-likeness (QED) is 0.651. The fourth-order valence-electron chi connectivity index (χ4n) is 1.03. The highest BCUT2D eigenvalue weighted by Gasteiger charge is 1.95. The second kappa shape index (κ2) is 3.96. The molecule has 2 rings (SSSR count). The third-order valence-corrected chi connectivity index (χ3v) is 1.61.